The number of benzene rings is 2. The summed E-state index contributed by atoms with van der Waals surface area (Å²) < 4.78 is 1.81. The summed E-state index contributed by atoms with van der Waals surface area (Å²) in [5.41, 5.74) is 8.88. The molecule has 3 N–H and O–H groups in total. The van der Waals surface area contributed by atoms with Crippen molar-refractivity contribution in [3.8, 4) is 5.69 Å². The lowest BCUT2D eigenvalue weighted by Crippen LogP contribution is -2.28. The lowest BCUT2D eigenvalue weighted by Gasteiger charge is -2.23. The summed E-state index contributed by atoms with van der Waals surface area (Å²) in [4.78, 5) is 11.5. The standard InChI is InChI=1S/C19H20N4O/c20-19(24)17-5-1-3-15-12-23(22-18(15)17)16-8-6-13(7-9-16)14-4-2-10-21-11-14/h1,3,5-9,12,14,21H,2,4,10-11H2,(H2,20,24)/t14-/m1/s1/i19+1. The lowest BCUT2D eigenvalue weighted by atomic mass is 9.92. The van der Waals surface area contributed by atoms with E-state index in [0.717, 1.165) is 24.2 Å². The molecule has 0 unspecified atom stereocenters. The van der Waals surface area contributed by atoms with Crippen molar-refractivity contribution in [2.24, 2.45) is 5.73 Å². The molecule has 0 aliphatic carbocycles. The van der Waals surface area contributed by atoms with Crippen LogP contribution in [0.4, 0.5) is 0 Å². The first kappa shape index (κ1) is 14.9. The molecule has 5 heteroatoms. The Morgan fingerprint density at radius 3 is 2.75 bits per heavy atom. The first-order valence-electron chi connectivity index (χ1n) is 8.31. The number of nitrogens with zero attached hydrogens (tertiary/aromatic N) is 2. The van der Waals surface area contributed by atoms with Crippen LogP contribution in [0.1, 0.15) is 34.7 Å². The molecule has 0 bridgehead atoms. The van der Waals surface area contributed by atoms with E-state index in [1.54, 1.807) is 10.7 Å². The number of piperidine rings is 1. The van der Waals surface area contributed by atoms with Crippen LogP contribution in [0.2, 0.25) is 0 Å². The number of hydrogen-bond acceptors (Lipinski definition) is 3. The summed E-state index contributed by atoms with van der Waals surface area (Å²) in [6, 6.07) is 14.0. The molecule has 1 aliphatic rings. The molecule has 1 aromatic heterocycles. The highest BCUT2D eigenvalue weighted by molar-refractivity contribution is 6.04. The SMILES string of the molecule is N[13C](=O)c1cccc2cn(-c3ccc([C@@H]4CCCNC4)cc3)nc12. The zero-order valence-electron chi connectivity index (χ0n) is 13.4. The van der Waals surface area contributed by atoms with E-state index in [0.29, 0.717) is 17.0 Å². The zero-order chi connectivity index (χ0) is 16.5. The molecule has 2 heterocycles. The predicted octanol–water partition coefficient (Wildman–Crippen LogP) is 2.59. The molecule has 0 saturated carbocycles. The minimum atomic E-state index is -0.453. The number of amides is 1. The molecule has 4 rings (SSSR count). The van der Waals surface area contributed by atoms with Crippen molar-refractivity contribution in [1.82, 2.24) is 15.1 Å². The maximum atomic E-state index is 11.5. The summed E-state index contributed by atoms with van der Waals surface area (Å²) in [5.74, 6) is 0.136. The molecule has 0 radical (unpaired) electrons. The number of aromatic nitrogens is 2. The third kappa shape index (κ3) is 2.67. The highest BCUT2D eigenvalue weighted by Crippen LogP contribution is 2.25. The fourth-order valence-corrected chi connectivity index (χ4v) is 3.41. The Bertz CT molecular complexity index is 876. The summed E-state index contributed by atoms with van der Waals surface area (Å²) >= 11 is 0. The average molecular weight is 321 g/mol. The minimum absolute atomic E-state index is 0.453. The van der Waals surface area contributed by atoms with Crippen molar-refractivity contribution < 1.29 is 4.79 Å². The molecule has 1 atom stereocenters. The largest absolute Gasteiger partial charge is 0.366 e. The van der Waals surface area contributed by atoms with Crippen LogP contribution in [0.15, 0.2) is 48.7 Å². The number of hydrogen-bond donors (Lipinski definition) is 2. The van der Waals surface area contributed by atoms with Gasteiger partial charge in [-0.1, -0.05) is 24.3 Å². The third-order valence-corrected chi connectivity index (χ3v) is 4.73. The lowest BCUT2D eigenvalue weighted by molar-refractivity contribution is 0.100. The summed E-state index contributed by atoms with van der Waals surface area (Å²) in [5, 5.41) is 8.91. The average Bonchev–Trinajstić information content (AvgIpc) is 3.06. The Morgan fingerprint density at radius 2 is 2.04 bits per heavy atom. The van der Waals surface area contributed by atoms with Crippen molar-refractivity contribution in [1.29, 1.82) is 0 Å². The number of nitrogens with one attached hydrogen (secondary N) is 1. The number of carbonyl (C=O) groups is 1. The van der Waals surface area contributed by atoms with E-state index in [2.05, 4.69) is 34.7 Å². The Morgan fingerprint density at radius 1 is 1.21 bits per heavy atom. The number of rotatable bonds is 3. The van der Waals surface area contributed by atoms with Crippen LogP contribution >= 0.6 is 0 Å². The van der Waals surface area contributed by atoms with E-state index in [4.69, 9.17) is 5.73 Å². The third-order valence-electron chi connectivity index (χ3n) is 4.73. The highest BCUT2D eigenvalue weighted by atomic mass is 16.2. The molecule has 122 valence electrons. The monoisotopic (exact) mass is 321 g/mol. The second-order valence-electron chi connectivity index (χ2n) is 6.32. The molecule has 2 aromatic carbocycles. The molecule has 1 aliphatic heterocycles. The molecule has 1 fully saturated rings. The number of nitrogens with two attached hydrogens (primary N) is 1. The molecule has 24 heavy (non-hydrogen) atoms. The molecule has 3 aromatic rings. The van der Waals surface area contributed by atoms with Gasteiger partial charge in [-0.2, -0.15) is 5.10 Å². The zero-order valence-corrected chi connectivity index (χ0v) is 13.4. The van der Waals surface area contributed by atoms with E-state index in [-0.39, 0.29) is 0 Å². The Labute approximate surface area is 140 Å². The maximum Gasteiger partial charge on any atom is 0.250 e. The van der Waals surface area contributed by atoms with Gasteiger partial charge >= 0.3 is 0 Å². The van der Waals surface area contributed by atoms with Gasteiger partial charge in [0.2, 0.25) is 0 Å². The molecule has 1 saturated heterocycles. The van der Waals surface area contributed by atoms with Gasteiger partial charge in [-0.05, 0) is 49.1 Å². The molecular formula is C19H20N4O. The second-order valence-corrected chi connectivity index (χ2v) is 6.32. The number of carbonyl (C=O) groups excluding carboxylic acids is 1. The number of primary amides is 1. The number of fused-ring (bicyclic) bond motifs is 1. The summed E-state index contributed by atoms with van der Waals surface area (Å²) in [6.07, 6.45) is 4.39. The maximum absolute atomic E-state index is 11.5. The van der Waals surface area contributed by atoms with Crippen LogP contribution in [-0.2, 0) is 0 Å². The van der Waals surface area contributed by atoms with Gasteiger partial charge in [0.1, 0.15) is 5.52 Å². The van der Waals surface area contributed by atoms with Crippen molar-refractivity contribution in [3.05, 3.63) is 59.8 Å². The summed E-state index contributed by atoms with van der Waals surface area (Å²) in [6.45, 7) is 2.17. The Kier molecular flexibility index (Phi) is 3.78. The van der Waals surface area contributed by atoms with Crippen LogP contribution in [0.25, 0.3) is 16.6 Å². The smallest absolute Gasteiger partial charge is 0.250 e. The van der Waals surface area contributed by atoms with Gasteiger partial charge in [0.25, 0.3) is 5.91 Å². The quantitative estimate of drug-likeness (QED) is 0.728. The summed E-state index contributed by atoms with van der Waals surface area (Å²) in [7, 11) is 0. The molecular weight excluding hydrogens is 301 g/mol. The predicted molar refractivity (Wildman–Crippen MR) is 94.4 cm³/mol. The first-order valence-corrected chi connectivity index (χ1v) is 8.31. The molecule has 0 spiro atoms. The Hall–Kier alpha value is -2.66. The molecule has 1 amide bonds. The highest BCUT2D eigenvalue weighted by Gasteiger charge is 2.15. The van der Waals surface area contributed by atoms with Crippen molar-refractivity contribution in [2.45, 2.75) is 18.8 Å². The van der Waals surface area contributed by atoms with Crippen LogP contribution in [0.3, 0.4) is 0 Å². The van der Waals surface area contributed by atoms with Crippen molar-refractivity contribution >= 4 is 16.8 Å². The normalized spacial score (nSPS) is 17.9. The minimum Gasteiger partial charge on any atom is -0.366 e. The van der Waals surface area contributed by atoms with Gasteiger partial charge in [-0.15, -0.1) is 0 Å². The van der Waals surface area contributed by atoms with Gasteiger partial charge in [0.05, 0.1) is 11.3 Å². The van der Waals surface area contributed by atoms with E-state index < -0.39 is 5.91 Å². The van der Waals surface area contributed by atoms with Gasteiger partial charge in [-0.3, -0.25) is 4.79 Å². The van der Waals surface area contributed by atoms with Gasteiger partial charge in [0, 0.05) is 18.1 Å². The van der Waals surface area contributed by atoms with Gasteiger partial charge in [0.15, 0.2) is 0 Å². The Balaban J connectivity index is 1.67. The second kappa shape index (κ2) is 6.09. The van der Waals surface area contributed by atoms with Crippen molar-refractivity contribution in [2.75, 3.05) is 13.1 Å². The topological polar surface area (TPSA) is 72.9 Å². The van der Waals surface area contributed by atoms with E-state index >= 15 is 0 Å². The molecule has 5 nitrogen and oxygen atoms in total. The van der Waals surface area contributed by atoms with E-state index in [1.165, 1.54) is 18.4 Å². The van der Waals surface area contributed by atoms with E-state index in [9.17, 15) is 4.79 Å². The fraction of sp³-hybridized carbons (Fsp3) is 0.263. The van der Waals surface area contributed by atoms with Crippen molar-refractivity contribution in [3.63, 3.8) is 0 Å². The van der Waals surface area contributed by atoms with Gasteiger partial charge < -0.3 is 11.1 Å². The van der Waals surface area contributed by atoms with Crippen LogP contribution in [0.5, 0.6) is 0 Å². The fourth-order valence-electron chi connectivity index (χ4n) is 3.41. The van der Waals surface area contributed by atoms with Crippen LogP contribution < -0.4 is 11.1 Å². The first-order chi connectivity index (χ1) is 11.7. The van der Waals surface area contributed by atoms with Crippen LogP contribution in [0, 0.1) is 0 Å². The van der Waals surface area contributed by atoms with Gasteiger partial charge in [-0.25, -0.2) is 4.68 Å². The van der Waals surface area contributed by atoms with E-state index in [1.807, 2.05) is 18.3 Å². The van der Waals surface area contributed by atoms with Crippen LogP contribution in [-0.4, -0.2) is 28.8 Å².